The minimum absolute atomic E-state index is 0. The Bertz CT molecular complexity index is 55.8. The zero-order valence-corrected chi connectivity index (χ0v) is 11.1. The number of amides is 2. The third-order valence-corrected chi connectivity index (χ3v) is 0.136. The largest absolute Gasteiger partial charge is 0.369 e. The molecule has 0 radical (unpaired) electrons. The minimum atomic E-state index is 0. The van der Waals surface area contributed by atoms with E-state index in [1.807, 2.05) is 0 Å². The third kappa shape index (κ3) is 45.6. The van der Waals surface area contributed by atoms with Crippen molar-refractivity contribution in [3.8, 4) is 0 Å². The summed E-state index contributed by atoms with van der Waals surface area (Å²) in [7, 11) is 0. The van der Waals surface area contributed by atoms with Crippen molar-refractivity contribution < 1.29 is 22.8 Å². The zero-order chi connectivity index (χ0) is 6.83. The average Bonchev–Trinajstić information content (AvgIpc) is 1.71. The van der Waals surface area contributed by atoms with Crippen molar-refractivity contribution in [3.05, 3.63) is 0 Å². The van der Waals surface area contributed by atoms with Crippen LogP contribution in [-0.2, 0) is 9.59 Å². The molecule has 0 rings (SSSR count). The normalized spacial score (nSPS) is 5.56. The Morgan fingerprint density at radius 3 is 1.44 bits per heavy atom. The molecule has 0 aromatic carbocycles. The Hall–Kier alpha value is 1.29. The monoisotopic (exact) mass is 472 g/mol. The summed E-state index contributed by atoms with van der Waals surface area (Å²) < 4.78 is 0. The van der Waals surface area contributed by atoms with Gasteiger partial charge in [0.1, 0.15) is 0 Å². The van der Waals surface area contributed by atoms with Gasteiger partial charge in [-0.25, -0.2) is 0 Å². The summed E-state index contributed by atoms with van der Waals surface area (Å²) in [5.41, 5.74) is 0. The van der Waals surface area contributed by atoms with Gasteiger partial charge in [0.2, 0.25) is 12.8 Å². The van der Waals surface area contributed by atoms with Crippen LogP contribution in [0, 0.1) is 0 Å². The molecule has 0 aliphatic rings. The van der Waals surface area contributed by atoms with E-state index >= 15 is 0 Å². The van der Waals surface area contributed by atoms with E-state index in [1.165, 1.54) is 0 Å². The van der Waals surface area contributed by atoms with E-state index in [1.54, 1.807) is 5.32 Å². The van der Waals surface area contributed by atoms with Crippen molar-refractivity contribution in [2.45, 2.75) is 0 Å². The van der Waals surface area contributed by atoms with Gasteiger partial charge >= 0.3 is 50.5 Å². The number of hydrogen-bond donors (Lipinski definition) is 2. The summed E-state index contributed by atoms with van der Waals surface area (Å²) in [6.45, 7) is 0. The molecule has 9 heavy (non-hydrogen) atoms. The Morgan fingerprint density at radius 2 is 1.44 bits per heavy atom. The molecule has 0 unspecified atom stereocenters. The van der Waals surface area contributed by atoms with Crippen LogP contribution >= 0.6 is 37.2 Å². The standard InChI is InChI=1S/C2H3NO2.I3.H3N/c4-1-3-2-5;1-3-2;/h1-2H,(H,3,4,5);;1H3/q;-1;/p+1. The Balaban J connectivity index is -0.0000000800. The van der Waals surface area contributed by atoms with Gasteiger partial charge in [-0.3, -0.25) is 9.59 Å². The molecule has 0 aromatic rings. The van der Waals surface area contributed by atoms with E-state index in [4.69, 9.17) is 9.59 Å². The van der Waals surface area contributed by atoms with Gasteiger partial charge < -0.3 is 11.5 Å². The number of quaternary nitrogens is 1. The van der Waals surface area contributed by atoms with Crippen molar-refractivity contribution in [2.24, 2.45) is 0 Å². The first-order chi connectivity index (χ1) is 3.83. The van der Waals surface area contributed by atoms with E-state index < -0.39 is 0 Å². The topological polar surface area (TPSA) is 82.7 Å². The molecule has 0 heterocycles. The number of nitrogens with one attached hydrogen (secondary N) is 1. The molecule has 0 fully saturated rings. The van der Waals surface area contributed by atoms with Crippen molar-refractivity contribution >= 4 is 50.1 Å². The van der Waals surface area contributed by atoms with Crippen molar-refractivity contribution in [1.82, 2.24) is 11.5 Å². The number of carbonyl (C=O) groups excluding carboxylic acids is 2. The predicted octanol–water partition coefficient (Wildman–Crippen LogP) is -1.96. The second kappa shape index (κ2) is 22.8. The predicted molar refractivity (Wildman–Crippen MR) is 49.3 cm³/mol. The summed E-state index contributed by atoms with van der Waals surface area (Å²) >= 11 is 5.30. The summed E-state index contributed by atoms with van der Waals surface area (Å²) in [4.78, 5) is 18.1. The summed E-state index contributed by atoms with van der Waals surface area (Å²) in [5.74, 6) is 0. The third-order valence-electron chi connectivity index (χ3n) is 0.136. The number of halogens is 3. The van der Waals surface area contributed by atoms with E-state index in [-0.39, 0.29) is 6.15 Å². The Labute approximate surface area is 83.1 Å². The average molecular weight is 472 g/mol. The first-order valence-electron chi connectivity index (χ1n) is 1.33. The molecule has 4 nitrogen and oxygen atoms in total. The first-order valence-corrected chi connectivity index (χ1v) is 13.9. The van der Waals surface area contributed by atoms with Gasteiger partial charge in [-0.15, -0.1) is 0 Å². The van der Waals surface area contributed by atoms with Crippen LogP contribution in [-0.4, -0.2) is 12.8 Å². The molecule has 5 N–H and O–H groups in total. The smallest absolute Gasteiger partial charge is 0.213 e. The number of carbonyl (C=O) groups is 2. The molecule has 0 saturated heterocycles. The zero-order valence-electron chi connectivity index (χ0n) is 4.61. The molecule has 0 aliphatic heterocycles. The molecule has 0 atom stereocenters. The fourth-order valence-electron chi connectivity index (χ4n) is 0.0278. The number of hydrogen-bond acceptors (Lipinski definition) is 2. The van der Waals surface area contributed by atoms with Gasteiger partial charge in [0.25, 0.3) is 0 Å². The molecule has 0 saturated carbocycles. The Kier molecular flexibility index (Phi) is 42.4. The van der Waals surface area contributed by atoms with Crippen LogP contribution in [0.15, 0.2) is 0 Å². The van der Waals surface area contributed by atoms with Crippen LogP contribution in [0.1, 0.15) is 0 Å². The second-order valence-corrected chi connectivity index (χ2v) is 16.7. The van der Waals surface area contributed by atoms with Crippen LogP contribution in [0.5, 0.6) is 0 Å². The fourth-order valence-corrected chi connectivity index (χ4v) is 0.0278. The van der Waals surface area contributed by atoms with E-state index in [2.05, 4.69) is 37.2 Å². The van der Waals surface area contributed by atoms with Crippen molar-refractivity contribution in [3.63, 3.8) is 0 Å². The van der Waals surface area contributed by atoms with E-state index in [0.717, 1.165) is 0 Å². The number of rotatable bonds is 2. The van der Waals surface area contributed by atoms with Crippen LogP contribution < -0.4 is 24.7 Å². The summed E-state index contributed by atoms with van der Waals surface area (Å²) in [6.07, 6.45) is 0.625. The first kappa shape index (κ1) is 16.7. The molecule has 0 spiro atoms. The SMILES string of the molecule is I[I-]I.O=CNC=O.[NH4+]. The molecule has 0 aliphatic carbocycles. The maximum Gasteiger partial charge on any atom is 0.213 e. The summed E-state index contributed by atoms with van der Waals surface area (Å²) in [5, 5.41) is 1.75. The van der Waals surface area contributed by atoms with Crippen LogP contribution in [0.3, 0.4) is 0 Å². The molecular weight excluding hydrogens is 465 g/mol. The van der Waals surface area contributed by atoms with Gasteiger partial charge in [0, 0.05) is 0 Å². The molecular formula is C2H7I3N2O2. The Morgan fingerprint density at radius 1 is 1.22 bits per heavy atom. The molecule has 58 valence electrons. The van der Waals surface area contributed by atoms with Gasteiger partial charge in [-0.05, 0) is 0 Å². The summed E-state index contributed by atoms with van der Waals surface area (Å²) in [6, 6.07) is 0. The second-order valence-electron chi connectivity index (χ2n) is 0.456. The molecule has 0 aromatic heterocycles. The van der Waals surface area contributed by atoms with Crippen molar-refractivity contribution in [1.29, 1.82) is 0 Å². The maximum atomic E-state index is 9.06. The number of imide groups is 1. The minimum Gasteiger partial charge on any atom is -0.369 e. The van der Waals surface area contributed by atoms with Crippen LogP contribution in [0.2, 0.25) is 0 Å². The molecule has 2 amide bonds. The van der Waals surface area contributed by atoms with Crippen molar-refractivity contribution in [2.75, 3.05) is 0 Å². The quantitative estimate of drug-likeness (QED) is 0.362. The van der Waals surface area contributed by atoms with E-state index in [9.17, 15) is 0 Å². The van der Waals surface area contributed by atoms with Gasteiger partial charge in [-0.2, -0.15) is 0 Å². The maximum absolute atomic E-state index is 9.06. The van der Waals surface area contributed by atoms with Crippen LogP contribution in [0.4, 0.5) is 0 Å². The van der Waals surface area contributed by atoms with Gasteiger partial charge in [-0.1, -0.05) is 0 Å². The van der Waals surface area contributed by atoms with Gasteiger partial charge in [0.15, 0.2) is 0 Å². The molecule has 7 heteroatoms. The van der Waals surface area contributed by atoms with Gasteiger partial charge in [0.05, 0.1) is 0 Å². The fraction of sp³-hybridized carbons (Fsp3) is 0. The van der Waals surface area contributed by atoms with E-state index in [0.29, 0.717) is 26.1 Å². The van der Waals surface area contributed by atoms with Crippen LogP contribution in [0.25, 0.3) is 0 Å². The molecule has 0 bridgehead atoms.